The first-order valence-corrected chi connectivity index (χ1v) is 6.96. The molecule has 0 atom stereocenters. The van der Waals surface area contributed by atoms with Gasteiger partial charge in [0.25, 0.3) is 0 Å². The fourth-order valence-electron chi connectivity index (χ4n) is 1.56. The number of carbonyl (C=O) groups is 1. The van der Waals surface area contributed by atoms with E-state index in [0.29, 0.717) is 11.4 Å². The van der Waals surface area contributed by atoms with Gasteiger partial charge in [-0.3, -0.25) is 4.79 Å². The lowest BCUT2D eigenvalue weighted by molar-refractivity contribution is -0.114. The molecule has 2 aromatic carbocycles. The number of anilines is 2. The second-order valence-electron chi connectivity index (χ2n) is 4.04. The van der Waals surface area contributed by atoms with Crippen molar-refractivity contribution in [2.45, 2.75) is 0 Å². The Labute approximate surface area is 129 Å². The van der Waals surface area contributed by atoms with E-state index < -0.39 is 5.82 Å². The fourth-order valence-corrected chi connectivity index (χ4v) is 2.14. The van der Waals surface area contributed by atoms with Crippen molar-refractivity contribution in [1.29, 1.82) is 0 Å². The first kappa shape index (κ1) is 14.8. The van der Waals surface area contributed by atoms with Crippen molar-refractivity contribution in [3.8, 4) is 0 Å². The molecule has 0 spiro atoms. The quantitative estimate of drug-likeness (QED) is 0.857. The molecule has 6 heteroatoms. The molecule has 0 saturated heterocycles. The Morgan fingerprint density at radius 3 is 2.70 bits per heavy atom. The van der Waals surface area contributed by atoms with Gasteiger partial charge < -0.3 is 10.6 Å². The largest absolute Gasteiger partial charge is 0.376 e. The van der Waals surface area contributed by atoms with E-state index in [1.54, 1.807) is 12.1 Å². The van der Waals surface area contributed by atoms with Crippen LogP contribution in [0.15, 0.2) is 46.9 Å². The van der Waals surface area contributed by atoms with E-state index in [4.69, 9.17) is 11.6 Å². The highest BCUT2D eigenvalue weighted by Crippen LogP contribution is 2.19. The van der Waals surface area contributed by atoms with Gasteiger partial charge in [-0.1, -0.05) is 33.6 Å². The first-order valence-electron chi connectivity index (χ1n) is 5.79. The van der Waals surface area contributed by atoms with Crippen LogP contribution < -0.4 is 10.6 Å². The summed E-state index contributed by atoms with van der Waals surface area (Å²) in [6.07, 6.45) is 0. The Bertz CT molecular complexity index is 636. The molecule has 1 amide bonds. The number of hydrogen-bond acceptors (Lipinski definition) is 2. The van der Waals surface area contributed by atoms with E-state index in [1.165, 1.54) is 18.2 Å². The molecule has 0 fully saturated rings. The van der Waals surface area contributed by atoms with E-state index in [-0.39, 0.29) is 17.5 Å². The highest BCUT2D eigenvalue weighted by Gasteiger charge is 2.04. The predicted molar refractivity (Wildman–Crippen MR) is 82.7 cm³/mol. The van der Waals surface area contributed by atoms with Crippen LogP contribution in [0, 0.1) is 5.82 Å². The SMILES string of the molecule is O=C(CNc1ccc(F)c(Cl)c1)Nc1cccc(Br)c1. The molecule has 0 aliphatic carbocycles. The van der Waals surface area contributed by atoms with E-state index in [1.807, 2.05) is 12.1 Å². The highest BCUT2D eigenvalue weighted by molar-refractivity contribution is 9.10. The molecule has 0 aliphatic rings. The third-order valence-electron chi connectivity index (χ3n) is 2.48. The topological polar surface area (TPSA) is 41.1 Å². The van der Waals surface area contributed by atoms with Crippen molar-refractivity contribution >= 4 is 44.8 Å². The third-order valence-corrected chi connectivity index (χ3v) is 3.26. The number of hydrogen-bond donors (Lipinski definition) is 2. The standard InChI is InChI=1S/C14H11BrClFN2O/c15-9-2-1-3-11(6-9)19-14(20)8-18-10-4-5-13(17)12(16)7-10/h1-7,18H,8H2,(H,19,20). The number of benzene rings is 2. The predicted octanol–water partition coefficient (Wildman–Crippen LogP) is 4.29. The summed E-state index contributed by atoms with van der Waals surface area (Å²) in [6.45, 7) is 0.0640. The average Bonchev–Trinajstić information content (AvgIpc) is 2.40. The summed E-state index contributed by atoms with van der Waals surface area (Å²) in [5, 5.41) is 5.63. The van der Waals surface area contributed by atoms with E-state index >= 15 is 0 Å². The normalized spacial score (nSPS) is 10.2. The molecule has 2 N–H and O–H groups in total. The summed E-state index contributed by atoms with van der Waals surface area (Å²) >= 11 is 8.98. The molecule has 0 unspecified atom stereocenters. The molecular formula is C14H11BrClFN2O. The summed E-state index contributed by atoms with van der Waals surface area (Å²) < 4.78 is 13.9. The van der Waals surface area contributed by atoms with Crippen molar-refractivity contribution in [2.75, 3.05) is 17.2 Å². The molecule has 2 aromatic rings. The maximum atomic E-state index is 13.0. The molecule has 0 aliphatic heterocycles. The van der Waals surface area contributed by atoms with Crippen molar-refractivity contribution in [2.24, 2.45) is 0 Å². The molecular weight excluding hydrogens is 347 g/mol. The zero-order chi connectivity index (χ0) is 14.5. The van der Waals surface area contributed by atoms with Crippen LogP contribution in [0.2, 0.25) is 5.02 Å². The summed E-state index contributed by atoms with van der Waals surface area (Å²) in [5.41, 5.74) is 1.28. The Hall–Kier alpha value is -1.59. The molecule has 0 bridgehead atoms. The molecule has 104 valence electrons. The van der Waals surface area contributed by atoms with Crippen LogP contribution in [-0.2, 0) is 4.79 Å². The molecule has 3 nitrogen and oxygen atoms in total. The van der Waals surface area contributed by atoms with Crippen LogP contribution in [0.3, 0.4) is 0 Å². The number of amides is 1. The fraction of sp³-hybridized carbons (Fsp3) is 0.0714. The van der Waals surface area contributed by atoms with Gasteiger partial charge in [0.05, 0.1) is 11.6 Å². The van der Waals surface area contributed by atoms with E-state index in [9.17, 15) is 9.18 Å². The zero-order valence-corrected chi connectivity index (χ0v) is 12.6. The minimum Gasteiger partial charge on any atom is -0.376 e. The average molecular weight is 358 g/mol. The van der Waals surface area contributed by atoms with Gasteiger partial charge in [0, 0.05) is 15.8 Å². The van der Waals surface area contributed by atoms with E-state index in [0.717, 1.165) is 4.47 Å². The van der Waals surface area contributed by atoms with Crippen LogP contribution in [0.25, 0.3) is 0 Å². The van der Waals surface area contributed by atoms with Crippen molar-refractivity contribution in [3.05, 3.63) is 57.8 Å². The number of halogens is 3. The maximum absolute atomic E-state index is 13.0. The van der Waals surface area contributed by atoms with Crippen LogP contribution in [0.4, 0.5) is 15.8 Å². The van der Waals surface area contributed by atoms with Gasteiger partial charge >= 0.3 is 0 Å². The lowest BCUT2D eigenvalue weighted by Gasteiger charge is -2.08. The van der Waals surface area contributed by atoms with Crippen LogP contribution in [0.5, 0.6) is 0 Å². The van der Waals surface area contributed by atoms with Gasteiger partial charge in [0.2, 0.25) is 5.91 Å². The van der Waals surface area contributed by atoms with Crippen LogP contribution in [-0.4, -0.2) is 12.5 Å². The lowest BCUT2D eigenvalue weighted by Crippen LogP contribution is -2.21. The lowest BCUT2D eigenvalue weighted by atomic mass is 10.3. The van der Waals surface area contributed by atoms with Gasteiger partial charge in [-0.15, -0.1) is 0 Å². The van der Waals surface area contributed by atoms with Crippen LogP contribution >= 0.6 is 27.5 Å². The monoisotopic (exact) mass is 356 g/mol. The molecule has 0 aromatic heterocycles. The Morgan fingerprint density at radius 2 is 2.00 bits per heavy atom. The van der Waals surface area contributed by atoms with Crippen molar-refractivity contribution < 1.29 is 9.18 Å². The number of rotatable bonds is 4. The third kappa shape index (κ3) is 4.21. The molecule has 20 heavy (non-hydrogen) atoms. The minimum absolute atomic E-state index is 0.0161. The number of carbonyl (C=O) groups excluding carboxylic acids is 1. The Kier molecular flexibility index (Phi) is 4.98. The summed E-state index contributed by atoms with van der Waals surface area (Å²) in [6, 6.07) is 11.5. The summed E-state index contributed by atoms with van der Waals surface area (Å²) in [7, 11) is 0. The van der Waals surface area contributed by atoms with Gasteiger partial charge in [0.15, 0.2) is 0 Å². The van der Waals surface area contributed by atoms with E-state index in [2.05, 4.69) is 26.6 Å². The van der Waals surface area contributed by atoms with Crippen molar-refractivity contribution in [3.63, 3.8) is 0 Å². The van der Waals surface area contributed by atoms with Gasteiger partial charge in [0.1, 0.15) is 5.82 Å². The van der Waals surface area contributed by atoms with Gasteiger partial charge in [-0.05, 0) is 36.4 Å². The second kappa shape index (κ2) is 6.72. The summed E-state index contributed by atoms with van der Waals surface area (Å²) in [4.78, 5) is 11.8. The number of nitrogens with one attached hydrogen (secondary N) is 2. The first-order chi connectivity index (χ1) is 9.54. The highest BCUT2D eigenvalue weighted by atomic mass is 79.9. The Morgan fingerprint density at radius 1 is 1.20 bits per heavy atom. The minimum atomic E-state index is -0.490. The van der Waals surface area contributed by atoms with Crippen LogP contribution in [0.1, 0.15) is 0 Å². The summed E-state index contributed by atoms with van der Waals surface area (Å²) in [5.74, 6) is -0.695. The molecule has 0 heterocycles. The molecule has 0 radical (unpaired) electrons. The molecule has 2 rings (SSSR count). The Balaban J connectivity index is 1.90. The van der Waals surface area contributed by atoms with Crippen molar-refractivity contribution in [1.82, 2.24) is 0 Å². The zero-order valence-electron chi connectivity index (χ0n) is 10.3. The smallest absolute Gasteiger partial charge is 0.243 e. The maximum Gasteiger partial charge on any atom is 0.243 e. The van der Waals surface area contributed by atoms with Gasteiger partial charge in [-0.2, -0.15) is 0 Å². The van der Waals surface area contributed by atoms with Gasteiger partial charge in [-0.25, -0.2) is 4.39 Å². The second-order valence-corrected chi connectivity index (χ2v) is 5.36. The molecule has 0 saturated carbocycles.